The zero-order valence-electron chi connectivity index (χ0n) is 10.0. The van der Waals surface area contributed by atoms with Gasteiger partial charge in [0, 0.05) is 18.0 Å². The highest BCUT2D eigenvalue weighted by molar-refractivity contribution is 7.89. The van der Waals surface area contributed by atoms with E-state index in [1.165, 1.54) is 27.4 Å². The van der Waals surface area contributed by atoms with Crippen LogP contribution < -0.4 is 0 Å². The second kappa shape index (κ2) is 4.70. The van der Waals surface area contributed by atoms with Crippen LogP contribution in [0.2, 0.25) is 0 Å². The number of hydrogen-bond acceptors (Lipinski definition) is 3. The van der Waals surface area contributed by atoms with Crippen molar-refractivity contribution in [2.75, 3.05) is 6.54 Å². The number of benzene rings is 1. The Labute approximate surface area is 115 Å². The van der Waals surface area contributed by atoms with E-state index in [0.717, 1.165) is 18.1 Å². The van der Waals surface area contributed by atoms with Gasteiger partial charge in [0.2, 0.25) is 10.0 Å². The van der Waals surface area contributed by atoms with Gasteiger partial charge in [-0.2, -0.15) is 4.31 Å². The maximum Gasteiger partial charge on any atom is 0.243 e. The summed E-state index contributed by atoms with van der Waals surface area (Å²) in [6.45, 7) is 0.823. The molecule has 0 amide bonds. The normalized spacial score (nSPS) is 16.3. The van der Waals surface area contributed by atoms with Crippen molar-refractivity contribution < 1.29 is 12.8 Å². The molecule has 0 saturated carbocycles. The predicted octanol–water partition coefficient (Wildman–Crippen LogP) is 2.63. The first-order valence-corrected chi connectivity index (χ1v) is 8.20. The van der Waals surface area contributed by atoms with E-state index in [4.69, 9.17) is 0 Å². The summed E-state index contributed by atoms with van der Waals surface area (Å²) < 4.78 is 39.5. The van der Waals surface area contributed by atoms with Crippen LogP contribution in [0.25, 0.3) is 0 Å². The van der Waals surface area contributed by atoms with Gasteiger partial charge in [0.15, 0.2) is 0 Å². The zero-order chi connectivity index (χ0) is 13.5. The molecule has 2 aromatic rings. The minimum atomic E-state index is -3.61. The van der Waals surface area contributed by atoms with Crippen LogP contribution in [0.1, 0.15) is 10.4 Å². The van der Waals surface area contributed by atoms with Crippen molar-refractivity contribution in [1.82, 2.24) is 4.31 Å². The fourth-order valence-electron chi connectivity index (χ4n) is 2.20. The molecule has 1 aromatic heterocycles. The molecule has 0 aliphatic carbocycles. The van der Waals surface area contributed by atoms with Crippen LogP contribution in [0.4, 0.5) is 4.39 Å². The molecule has 0 radical (unpaired) electrons. The maximum absolute atomic E-state index is 13.2. The molecule has 3 rings (SSSR count). The molecular weight excluding hydrogens is 285 g/mol. The smallest absolute Gasteiger partial charge is 0.207 e. The quantitative estimate of drug-likeness (QED) is 0.854. The average Bonchev–Trinajstić information content (AvgIpc) is 2.85. The van der Waals surface area contributed by atoms with Crippen LogP contribution in [0, 0.1) is 5.82 Å². The largest absolute Gasteiger partial charge is 0.243 e. The molecule has 0 atom stereocenters. The second-order valence-corrected chi connectivity index (χ2v) is 7.35. The molecule has 100 valence electrons. The summed E-state index contributed by atoms with van der Waals surface area (Å²) in [5.41, 5.74) is 1.05. The zero-order valence-corrected chi connectivity index (χ0v) is 11.7. The number of fused-ring (bicyclic) bond motifs is 1. The molecule has 0 N–H and O–H groups in total. The van der Waals surface area contributed by atoms with Gasteiger partial charge in [-0.3, -0.25) is 0 Å². The molecule has 3 nitrogen and oxygen atoms in total. The highest BCUT2D eigenvalue weighted by Gasteiger charge is 2.28. The van der Waals surface area contributed by atoms with Crippen LogP contribution in [0.5, 0.6) is 0 Å². The number of thiophene rings is 1. The van der Waals surface area contributed by atoms with Crippen LogP contribution in [0.3, 0.4) is 0 Å². The first-order chi connectivity index (χ1) is 9.07. The predicted molar refractivity (Wildman–Crippen MR) is 72.0 cm³/mol. The van der Waals surface area contributed by atoms with Gasteiger partial charge < -0.3 is 0 Å². The van der Waals surface area contributed by atoms with E-state index in [1.807, 2.05) is 11.4 Å². The number of rotatable bonds is 2. The third-order valence-corrected chi connectivity index (χ3v) is 6.07. The van der Waals surface area contributed by atoms with E-state index in [2.05, 4.69) is 0 Å². The minimum absolute atomic E-state index is 0.0196. The topological polar surface area (TPSA) is 37.4 Å². The van der Waals surface area contributed by atoms with Crippen molar-refractivity contribution in [2.45, 2.75) is 17.9 Å². The number of halogens is 1. The minimum Gasteiger partial charge on any atom is -0.207 e. The van der Waals surface area contributed by atoms with Gasteiger partial charge in [-0.15, -0.1) is 11.3 Å². The summed E-state index contributed by atoms with van der Waals surface area (Å²) in [7, 11) is -3.61. The van der Waals surface area contributed by atoms with Crippen molar-refractivity contribution in [1.29, 1.82) is 0 Å². The Bertz CT molecular complexity index is 709. The van der Waals surface area contributed by atoms with Crippen molar-refractivity contribution >= 4 is 21.4 Å². The maximum atomic E-state index is 13.2. The fraction of sp³-hybridized carbons (Fsp3) is 0.231. The van der Waals surface area contributed by atoms with Gasteiger partial charge in [0.05, 0.1) is 4.90 Å². The first kappa shape index (κ1) is 12.8. The Morgan fingerprint density at radius 1 is 1.26 bits per heavy atom. The van der Waals surface area contributed by atoms with E-state index < -0.39 is 15.8 Å². The van der Waals surface area contributed by atoms with E-state index >= 15 is 0 Å². The standard InChI is InChI=1S/C13H12FNO2S2/c14-11-2-1-3-12(8-11)19(16,17)15-6-4-13-10(9-15)5-7-18-13/h1-3,5,7-8H,4,6,9H2. The van der Waals surface area contributed by atoms with Gasteiger partial charge >= 0.3 is 0 Å². The van der Waals surface area contributed by atoms with E-state index in [-0.39, 0.29) is 4.90 Å². The molecule has 1 aliphatic rings. The second-order valence-electron chi connectivity index (χ2n) is 4.41. The molecule has 0 bridgehead atoms. The lowest BCUT2D eigenvalue weighted by Crippen LogP contribution is -2.35. The molecule has 6 heteroatoms. The van der Waals surface area contributed by atoms with E-state index in [9.17, 15) is 12.8 Å². The first-order valence-electron chi connectivity index (χ1n) is 5.88. The lowest BCUT2D eigenvalue weighted by molar-refractivity contribution is 0.394. The van der Waals surface area contributed by atoms with Crippen molar-refractivity contribution in [3.8, 4) is 0 Å². The molecule has 0 fully saturated rings. The van der Waals surface area contributed by atoms with Gasteiger partial charge in [0.1, 0.15) is 5.82 Å². The number of sulfonamides is 1. The third-order valence-electron chi connectivity index (χ3n) is 3.21. The molecule has 0 spiro atoms. The van der Waals surface area contributed by atoms with E-state index in [1.54, 1.807) is 11.3 Å². The lowest BCUT2D eigenvalue weighted by atomic mass is 10.1. The van der Waals surface area contributed by atoms with Crippen LogP contribution >= 0.6 is 11.3 Å². The van der Waals surface area contributed by atoms with Crippen LogP contribution in [0.15, 0.2) is 40.6 Å². The summed E-state index contributed by atoms with van der Waals surface area (Å²) in [6, 6.07) is 7.11. The van der Waals surface area contributed by atoms with Gasteiger partial charge in [-0.05, 0) is 41.6 Å². The van der Waals surface area contributed by atoms with Crippen molar-refractivity contribution in [2.24, 2.45) is 0 Å². The SMILES string of the molecule is O=S(=O)(c1cccc(F)c1)N1CCc2sccc2C1. The average molecular weight is 297 g/mol. The van der Waals surface area contributed by atoms with Gasteiger partial charge in [0.25, 0.3) is 0 Å². The fourth-order valence-corrected chi connectivity index (χ4v) is 4.54. The summed E-state index contributed by atoms with van der Waals surface area (Å²) in [5.74, 6) is -0.533. The van der Waals surface area contributed by atoms with Crippen molar-refractivity contribution in [3.63, 3.8) is 0 Å². The van der Waals surface area contributed by atoms with Gasteiger partial charge in [-0.1, -0.05) is 6.07 Å². The summed E-state index contributed by atoms with van der Waals surface area (Å²) in [5, 5.41) is 1.98. The third kappa shape index (κ3) is 2.31. The number of nitrogens with zero attached hydrogens (tertiary/aromatic N) is 1. The Balaban J connectivity index is 1.94. The molecule has 1 aliphatic heterocycles. The summed E-state index contributed by atoms with van der Waals surface area (Å²) >= 11 is 1.65. The molecule has 0 unspecified atom stereocenters. The van der Waals surface area contributed by atoms with E-state index in [0.29, 0.717) is 13.1 Å². The Morgan fingerprint density at radius 3 is 2.89 bits per heavy atom. The highest BCUT2D eigenvalue weighted by Crippen LogP contribution is 2.28. The van der Waals surface area contributed by atoms with Crippen LogP contribution in [-0.4, -0.2) is 19.3 Å². The molecule has 19 heavy (non-hydrogen) atoms. The summed E-state index contributed by atoms with van der Waals surface area (Å²) in [4.78, 5) is 1.26. The Morgan fingerprint density at radius 2 is 2.11 bits per heavy atom. The summed E-state index contributed by atoms with van der Waals surface area (Å²) in [6.07, 6.45) is 0.724. The number of hydrogen-bond donors (Lipinski definition) is 0. The monoisotopic (exact) mass is 297 g/mol. The highest BCUT2D eigenvalue weighted by atomic mass is 32.2. The molecule has 1 aromatic carbocycles. The van der Waals surface area contributed by atoms with Crippen LogP contribution in [-0.2, 0) is 23.0 Å². The van der Waals surface area contributed by atoms with Gasteiger partial charge in [-0.25, -0.2) is 12.8 Å². The molecule has 0 saturated heterocycles. The van der Waals surface area contributed by atoms with Crippen molar-refractivity contribution in [3.05, 3.63) is 52.0 Å². The molecular formula is C13H12FNO2S2. The Hall–Kier alpha value is -1.24. The Kier molecular flexibility index (Phi) is 3.16. The lowest BCUT2D eigenvalue weighted by Gasteiger charge is -2.26. The molecule has 2 heterocycles.